The molecule has 0 aliphatic heterocycles. The van der Waals surface area contributed by atoms with E-state index in [1.807, 2.05) is 30.3 Å². The van der Waals surface area contributed by atoms with Gasteiger partial charge in [-0.05, 0) is 18.2 Å². The van der Waals surface area contributed by atoms with Gasteiger partial charge in [-0.2, -0.15) is 5.26 Å². The lowest BCUT2D eigenvalue weighted by molar-refractivity contribution is 1.14. The summed E-state index contributed by atoms with van der Waals surface area (Å²) >= 11 is 1.52. The number of benzene rings is 1. The van der Waals surface area contributed by atoms with Crippen LogP contribution in [0, 0.1) is 11.3 Å². The fraction of sp³-hybridized carbons (Fsp3) is 0. The topological polar surface area (TPSA) is 74.5 Å². The molecule has 18 heavy (non-hydrogen) atoms. The summed E-state index contributed by atoms with van der Waals surface area (Å²) < 4.78 is 1.09. The molecule has 1 N–H and O–H groups in total. The van der Waals surface area contributed by atoms with Crippen LogP contribution in [0.3, 0.4) is 0 Å². The first-order chi connectivity index (χ1) is 8.85. The Morgan fingerprint density at radius 2 is 2.06 bits per heavy atom. The van der Waals surface area contributed by atoms with Gasteiger partial charge in [0.05, 0.1) is 10.2 Å². The van der Waals surface area contributed by atoms with Crippen molar-refractivity contribution in [3.05, 3.63) is 42.2 Å². The average Bonchev–Trinajstić information content (AvgIpc) is 2.81. The van der Waals surface area contributed by atoms with Crippen LogP contribution >= 0.6 is 11.3 Å². The molecule has 6 heteroatoms. The maximum atomic E-state index is 8.76. The maximum absolute atomic E-state index is 8.76. The lowest BCUT2D eigenvalue weighted by atomic mass is 10.3. The Kier molecular flexibility index (Phi) is 2.59. The molecule has 2 heterocycles. The van der Waals surface area contributed by atoms with Crippen LogP contribution in [0.15, 0.2) is 36.5 Å². The van der Waals surface area contributed by atoms with Crippen LogP contribution < -0.4 is 5.32 Å². The van der Waals surface area contributed by atoms with E-state index >= 15 is 0 Å². The molecule has 1 aromatic carbocycles. The highest BCUT2D eigenvalue weighted by Gasteiger charge is 2.05. The SMILES string of the molecule is N#Cc1ccnc(Nc2nc3ccccc3s2)n1. The zero-order chi connectivity index (χ0) is 12.4. The van der Waals surface area contributed by atoms with Crippen molar-refractivity contribution in [3.63, 3.8) is 0 Å². The molecule has 0 aliphatic rings. The monoisotopic (exact) mass is 253 g/mol. The summed E-state index contributed by atoms with van der Waals surface area (Å²) in [5.74, 6) is 0.383. The zero-order valence-electron chi connectivity index (χ0n) is 9.16. The van der Waals surface area contributed by atoms with Crippen LogP contribution in [-0.4, -0.2) is 15.0 Å². The third-order valence-corrected chi connectivity index (χ3v) is 3.23. The fourth-order valence-corrected chi connectivity index (χ4v) is 2.36. The van der Waals surface area contributed by atoms with Crippen LogP contribution in [0.25, 0.3) is 10.2 Å². The van der Waals surface area contributed by atoms with E-state index in [-0.39, 0.29) is 0 Å². The van der Waals surface area contributed by atoms with E-state index in [2.05, 4.69) is 20.3 Å². The first-order valence-electron chi connectivity index (χ1n) is 5.21. The highest BCUT2D eigenvalue weighted by molar-refractivity contribution is 7.22. The molecule has 0 bridgehead atoms. The number of nitrogens with one attached hydrogen (secondary N) is 1. The van der Waals surface area contributed by atoms with Gasteiger partial charge < -0.3 is 0 Å². The summed E-state index contributed by atoms with van der Waals surface area (Å²) in [5.41, 5.74) is 1.26. The number of hydrogen-bond donors (Lipinski definition) is 1. The summed E-state index contributed by atoms with van der Waals surface area (Å²) in [6, 6.07) is 11.4. The third-order valence-electron chi connectivity index (χ3n) is 2.28. The second kappa shape index (κ2) is 4.39. The van der Waals surface area contributed by atoms with Crippen LogP contribution in [0.1, 0.15) is 5.69 Å². The minimum Gasteiger partial charge on any atom is -0.300 e. The molecule has 0 saturated heterocycles. The van der Waals surface area contributed by atoms with Gasteiger partial charge in [0.1, 0.15) is 11.8 Å². The van der Waals surface area contributed by atoms with E-state index < -0.39 is 0 Å². The molecule has 0 amide bonds. The van der Waals surface area contributed by atoms with Crippen molar-refractivity contribution in [2.24, 2.45) is 0 Å². The van der Waals surface area contributed by atoms with Crippen LogP contribution in [0.4, 0.5) is 11.1 Å². The first-order valence-corrected chi connectivity index (χ1v) is 6.02. The number of anilines is 2. The number of aromatic nitrogens is 3. The van der Waals surface area contributed by atoms with Gasteiger partial charge in [0.25, 0.3) is 0 Å². The fourth-order valence-electron chi connectivity index (χ4n) is 1.50. The Balaban J connectivity index is 1.94. The molecule has 0 saturated carbocycles. The van der Waals surface area contributed by atoms with Gasteiger partial charge in [0.15, 0.2) is 5.13 Å². The van der Waals surface area contributed by atoms with Crippen LogP contribution in [0.2, 0.25) is 0 Å². The van der Waals surface area contributed by atoms with Gasteiger partial charge in [-0.1, -0.05) is 23.5 Å². The van der Waals surface area contributed by atoms with E-state index in [1.54, 1.807) is 12.3 Å². The molecular weight excluding hydrogens is 246 g/mol. The van der Waals surface area contributed by atoms with E-state index in [9.17, 15) is 0 Å². The number of thiazole rings is 1. The highest BCUT2D eigenvalue weighted by Crippen LogP contribution is 2.26. The van der Waals surface area contributed by atoms with E-state index in [0.717, 1.165) is 10.2 Å². The van der Waals surface area contributed by atoms with Gasteiger partial charge in [-0.25, -0.2) is 15.0 Å². The van der Waals surface area contributed by atoms with Crippen molar-refractivity contribution >= 4 is 32.6 Å². The second-order valence-corrected chi connectivity index (χ2v) is 4.52. The van der Waals surface area contributed by atoms with Gasteiger partial charge in [-0.15, -0.1) is 0 Å². The van der Waals surface area contributed by atoms with Crippen LogP contribution in [-0.2, 0) is 0 Å². The quantitative estimate of drug-likeness (QED) is 0.760. The van der Waals surface area contributed by atoms with Crippen molar-refractivity contribution < 1.29 is 0 Å². The average molecular weight is 253 g/mol. The summed E-state index contributed by atoms with van der Waals surface area (Å²) in [5, 5.41) is 12.5. The number of para-hydroxylation sites is 1. The molecule has 0 radical (unpaired) electrons. The molecule has 0 fully saturated rings. The van der Waals surface area contributed by atoms with Crippen molar-refractivity contribution in [3.8, 4) is 6.07 Å². The molecule has 0 aliphatic carbocycles. The summed E-state index contributed by atoms with van der Waals surface area (Å²) in [7, 11) is 0. The Morgan fingerprint density at radius 3 is 2.89 bits per heavy atom. The molecule has 0 atom stereocenters. The standard InChI is InChI=1S/C12H7N5S/c13-7-8-5-6-14-11(15-8)17-12-16-9-3-1-2-4-10(9)18-12/h1-6H,(H,14,15,16,17). The molecule has 3 rings (SSSR count). The number of nitrogens with zero attached hydrogens (tertiary/aromatic N) is 4. The lowest BCUT2D eigenvalue weighted by Crippen LogP contribution is -1.97. The normalized spacial score (nSPS) is 10.2. The van der Waals surface area contributed by atoms with Gasteiger partial charge >= 0.3 is 0 Å². The first kappa shape index (κ1) is 10.6. The van der Waals surface area contributed by atoms with Crippen molar-refractivity contribution in [1.82, 2.24) is 15.0 Å². The van der Waals surface area contributed by atoms with Crippen molar-refractivity contribution in [1.29, 1.82) is 5.26 Å². The minimum atomic E-state index is 0.327. The molecular formula is C12H7N5S. The van der Waals surface area contributed by atoms with Crippen LogP contribution in [0.5, 0.6) is 0 Å². The predicted octanol–water partition coefficient (Wildman–Crippen LogP) is 2.70. The predicted molar refractivity (Wildman–Crippen MR) is 69.6 cm³/mol. The van der Waals surface area contributed by atoms with E-state index in [0.29, 0.717) is 16.8 Å². The zero-order valence-corrected chi connectivity index (χ0v) is 9.98. The highest BCUT2D eigenvalue weighted by atomic mass is 32.1. The van der Waals surface area contributed by atoms with Gasteiger partial charge in [0.2, 0.25) is 5.95 Å². The third kappa shape index (κ3) is 1.99. The summed E-state index contributed by atoms with van der Waals surface area (Å²) in [4.78, 5) is 12.5. The molecule has 0 unspecified atom stereocenters. The Hall–Kier alpha value is -2.52. The van der Waals surface area contributed by atoms with Crippen molar-refractivity contribution in [2.75, 3.05) is 5.32 Å². The number of rotatable bonds is 2. The minimum absolute atomic E-state index is 0.327. The summed E-state index contributed by atoms with van der Waals surface area (Å²) in [6.07, 6.45) is 1.54. The summed E-state index contributed by atoms with van der Waals surface area (Å²) in [6.45, 7) is 0. The molecule has 2 aromatic heterocycles. The molecule has 3 aromatic rings. The Labute approximate surface area is 107 Å². The molecule has 5 nitrogen and oxygen atoms in total. The lowest BCUT2D eigenvalue weighted by Gasteiger charge is -1.98. The number of fused-ring (bicyclic) bond motifs is 1. The maximum Gasteiger partial charge on any atom is 0.230 e. The molecule has 0 spiro atoms. The molecule has 86 valence electrons. The Morgan fingerprint density at radius 1 is 1.17 bits per heavy atom. The van der Waals surface area contributed by atoms with Gasteiger partial charge in [0, 0.05) is 6.20 Å². The second-order valence-electron chi connectivity index (χ2n) is 3.49. The largest absolute Gasteiger partial charge is 0.300 e. The van der Waals surface area contributed by atoms with Crippen molar-refractivity contribution in [2.45, 2.75) is 0 Å². The van der Waals surface area contributed by atoms with E-state index in [4.69, 9.17) is 5.26 Å². The van der Waals surface area contributed by atoms with E-state index in [1.165, 1.54) is 11.3 Å². The van der Waals surface area contributed by atoms with Gasteiger partial charge in [-0.3, -0.25) is 5.32 Å². The number of hydrogen-bond acceptors (Lipinski definition) is 6. The Bertz CT molecular complexity index is 710. The smallest absolute Gasteiger partial charge is 0.230 e. The number of nitriles is 1.